The lowest BCUT2D eigenvalue weighted by Gasteiger charge is -2.27. The molecule has 3 rings (SSSR count). The monoisotopic (exact) mass is 343 g/mol. The lowest BCUT2D eigenvalue weighted by molar-refractivity contribution is -0.125. The van der Waals surface area contributed by atoms with Gasteiger partial charge in [0.05, 0.1) is 6.04 Å². The van der Waals surface area contributed by atoms with Crippen LogP contribution in [-0.2, 0) is 11.3 Å². The van der Waals surface area contributed by atoms with E-state index in [0.29, 0.717) is 17.9 Å². The average Bonchev–Trinajstić information content (AvgIpc) is 3.17. The Morgan fingerprint density at radius 3 is 2.68 bits per heavy atom. The van der Waals surface area contributed by atoms with Crippen LogP contribution < -0.4 is 10.6 Å². The largest absolute Gasteiger partial charge is 0.352 e. The maximum atomic E-state index is 12.7. The molecule has 0 aromatic heterocycles. The molecular formula is C21H33N3O. The standard InChI is InChI=1S/C21H33N3O/c1-4-15(2)20(22-3)21(25)23-19-11-10-17-13-24(14-18(17)19)12-16-8-6-5-7-9-16/h5-9,15,17-20,22H,4,10-14H2,1-3H3,(H,23,25)/t15-,17-,18?,19?,20-/m0/s1. The molecule has 1 saturated heterocycles. The van der Waals surface area contributed by atoms with E-state index in [2.05, 4.69) is 59.7 Å². The number of nitrogens with zero attached hydrogens (tertiary/aromatic N) is 1. The van der Waals surface area contributed by atoms with E-state index in [0.717, 1.165) is 31.8 Å². The third-order valence-electron chi connectivity index (χ3n) is 6.32. The molecule has 5 atom stereocenters. The van der Waals surface area contributed by atoms with Crippen LogP contribution >= 0.6 is 0 Å². The van der Waals surface area contributed by atoms with Gasteiger partial charge in [0.25, 0.3) is 0 Å². The molecule has 0 bridgehead atoms. The highest BCUT2D eigenvalue weighted by molar-refractivity contribution is 5.82. The first-order valence-corrected chi connectivity index (χ1v) is 9.86. The molecule has 2 aliphatic rings. The van der Waals surface area contributed by atoms with E-state index >= 15 is 0 Å². The lowest BCUT2D eigenvalue weighted by Crippen LogP contribution is -2.51. The van der Waals surface area contributed by atoms with Gasteiger partial charge in [-0.25, -0.2) is 0 Å². The Balaban J connectivity index is 1.56. The number of rotatable bonds is 7. The van der Waals surface area contributed by atoms with Crippen LogP contribution in [0.3, 0.4) is 0 Å². The van der Waals surface area contributed by atoms with Crippen LogP contribution in [0.2, 0.25) is 0 Å². The second-order valence-electron chi connectivity index (χ2n) is 7.95. The van der Waals surface area contributed by atoms with Gasteiger partial charge < -0.3 is 10.6 Å². The van der Waals surface area contributed by atoms with Crippen molar-refractivity contribution in [2.24, 2.45) is 17.8 Å². The first-order chi connectivity index (χ1) is 12.1. The fourth-order valence-electron chi connectivity index (χ4n) is 4.69. The van der Waals surface area contributed by atoms with E-state index in [4.69, 9.17) is 0 Å². The highest BCUT2D eigenvalue weighted by Gasteiger charge is 2.43. The Labute approximate surface area is 152 Å². The van der Waals surface area contributed by atoms with Crippen molar-refractivity contribution in [1.82, 2.24) is 15.5 Å². The van der Waals surface area contributed by atoms with E-state index < -0.39 is 0 Å². The van der Waals surface area contributed by atoms with E-state index in [1.807, 2.05) is 7.05 Å². The number of likely N-dealkylation sites (tertiary alicyclic amines) is 1. The number of likely N-dealkylation sites (N-methyl/N-ethyl adjacent to an activating group) is 1. The molecule has 138 valence electrons. The fourth-order valence-corrected chi connectivity index (χ4v) is 4.69. The molecule has 2 N–H and O–H groups in total. The molecule has 1 aromatic rings. The SMILES string of the molecule is CC[C@H](C)[C@H](NC)C(=O)NC1CC[C@H]2CN(Cc3ccccc3)CC12. The summed E-state index contributed by atoms with van der Waals surface area (Å²) in [5.41, 5.74) is 1.38. The van der Waals surface area contributed by atoms with Crippen molar-refractivity contribution in [1.29, 1.82) is 0 Å². The van der Waals surface area contributed by atoms with E-state index in [9.17, 15) is 4.79 Å². The summed E-state index contributed by atoms with van der Waals surface area (Å²) in [6, 6.07) is 11.0. The quantitative estimate of drug-likeness (QED) is 0.800. The van der Waals surface area contributed by atoms with Gasteiger partial charge in [0.15, 0.2) is 0 Å². The average molecular weight is 344 g/mol. The fraction of sp³-hybridized carbons (Fsp3) is 0.667. The van der Waals surface area contributed by atoms with E-state index in [1.165, 1.54) is 18.5 Å². The normalized spacial score (nSPS) is 28.5. The zero-order valence-electron chi connectivity index (χ0n) is 15.9. The van der Waals surface area contributed by atoms with Gasteiger partial charge in [-0.15, -0.1) is 0 Å². The Morgan fingerprint density at radius 2 is 2.00 bits per heavy atom. The summed E-state index contributed by atoms with van der Waals surface area (Å²) in [4.78, 5) is 15.3. The summed E-state index contributed by atoms with van der Waals surface area (Å²) in [6.07, 6.45) is 3.39. The van der Waals surface area contributed by atoms with Crippen LogP contribution in [-0.4, -0.2) is 43.0 Å². The van der Waals surface area contributed by atoms with Crippen LogP contribution in [0.4, 0.5) is 0 Å². The molecule has 2 fully saturated rings. The molecule has 1 aromatic carbocycles. The molecule has 2 unspecified atom stereocenters. The number of fused-ring (bicyclic) bond motifs is 1. The number of nitrogens with one attached hydrogen (secondary N) is 2. The maximum Gasteiger partial charge on any atom is 0.237 e. The van der Waals surface area contributed by atoms with Gasteiger partial charge in [-0.2, -0.15) is 0 Å². The van der Waals surface area contributed by atoms with E-state index in [1.54, 1.807) is 0 Å². The highest BCUT2D eigenvalue weighted by atomic mass is 16.2. The molecule has 4 nitrogen and oxygen atoms in total. The summed E-state index contributed by atoms with van der Waals surface area (Å²) >= 11 is 0. The molecule has 0 radical (unpaired) electrons. The van der Waals surface area contributed by atoms with Crippen LogP contribution in [0, 0.1) is 17.8 Å². The Bertz CT molecular complexity index is 562. The van der Waals surface area contributed by atoms with Crippen molar-refractivity contribution in [2.75, 3.05) is 20.1 Å². The van der Waals surface area contributed by atoms with Crippen LogP contribution in [0.25, 0.3) is 0 Å². The third-order valence-corrected chi connectivity index (χ3v) is 6.32. The van der Waals surface area contributed by atoms with Crippen molar-refractivity contribution in [2.45, 2.75) is 51.7 Å². The second kappa shape index (κ2) is 8.33. The minimum atomic E-state index is -0.0779. The Hall–Kier alpha value is -1.39. The topological polar surface area (TPSA) is 44.4 Å². The third kappa shape index (κ3) is 4.24. The predicted molar refractivity (Wildman–Crippen MR) is 102 cm³/mol. The number of benzene rings is 1. The van der Waals surface area contributed by atoms with Gasteiger partial charge in [-0.1, -0.05) is 50.6 Å². The van der Waals surface area contributed by atoms with Gasteiger partial charge in [0, 0.05) is 25.7 Å². The smallest absolute Gasteiger partial charge is 0.237 e. The highest BCUT2D eigenvalue weighted by Crippen LogP contribution is 2.38. The summed E-state index contributed by atoms with van der Waals surface area (Å²) < 4.78 is 0. The summed E-state index contributed by atoms with van der Waals surface area (Å²) in [7, 11) is 1.89. The number of carbonyl (C=O) groups excluding carboxylic acids is 1. The number of carbonyl (C=O) groups is 1. The minimum absolute atomic E-state index is 0.0779. The zero-order valence-corrected chi connectivity index (χ0v) is 15.9. The molecule has 1 aliphatic heterocycles. The molecule has 0 spiro atoms. The first kappa shape index (κ1) is 18.4. The van der Waals surface area contributed by atoms with Crippen molar-refractivity contribution in [3.8, 4) is 0 Å². The molecule has 25 heavy (non-hydrogen) atoms. The molecular weight excluding hydrogens is 310 g/mol. The Morgan fingerprint density at radius 1 is 1.24 bits per heavy atom. The van der Waals surface area contributed by atoms with Crippen molar-refractivity contribution in [3.05, 3.63) is 35.9 Å². The summed E-state index contributed by atoms with van der Waals surface area (Å²) in [5.74, 6) is 1.90. The predicted octanol–water partition coefficient (Wildman–Crippen LogP) is 2.65. The Kier molecular flexibility index (Phi) is 6.13. The van der Waals surface area contributed by atoms with Crippen LogP contribution in [0.1, 0.15) is 38.7 Å². The lowest BCUT2D eigenvalue weighted by atomic mass is 9.95. The molecule has 1 heterocycles. The summed E-state index contributed by atoms with van der Waals surface area (Å²) in [5, 5.41) is 6.58. The second-order valence-corrected chi connectivity index (χ2v) is 7.95. The van der Waals surface area contributed by atoms with Gasteiger partial charge in [-0.3, -0.25) is 9.69 Å². The molecule has 1 amide bonds. The zero-order chi connectivity index (χ0) is 17.8. The van der Waals surface area contributed by atoms with Gasteiger partial charge in [0.2, 0.25) is 5.91 Å². The van der Waals surface area contributed by atoms with Crippen molar-refractivity contribution in [3.63, 3.8) is 0 Å². The van der Waals surface area contributed by atoms with Gasteiger partial charge in [0.1, 0.15) is 0 Å². The molecule has 4 heteroatoms. The van der Waals surface area contributed by atoms with Crippen molar-refractivity contribution >= 4 is 5.91 Å². The maximum absolute atomic E-state index is 12.7. The van der Waals surface area contributed by atoms with Gasteiger partial charge in [-0.05, 0) is 43.2 Å². The summed E-state index contributed by atoms with van der Waals surface area (Å²) in [6.45, 7) is 7.60. The van der Waals surface area contributed by atoms with Crippen molar-refractivity contribution < 1.29 is 4.79 Å². The number of hydrogen-bond acceptors (Lipinski definition) is 3. The first-order valence-electron chi connectivity index (χ1n) is 9.86. The van der Waals surface area contributed by atoms with E-state index in [-0.39, 0.29) is 11.9 Å². The molecule has 1 aliphatic carbocycles. The van der Waals surface area contributed by atoms with Crippen LogP contribution in [0.15, 0.2) is 30.3 Å². The molecule has 1 saturated carbocycles. The number of amides is 1. The van der Waals surface area contributed by atoms with Gasteiger partial charge >= 0.3 is 0 Å². The minimum Gasteiger partial charge on any atom is -0.352 e. The number of hydrogen-bond donors (Lipinski definition) is 2. The van der Waals surface area contributed by atoms with Crippen LogP contribution in [0.5, 0.6) is 0 Å².